The summed E-state index contributed by atoms with van der Waals surface area (Å²) in [7, 11) is 1.54. The van der Waals surface area contributed by atoms with Crippen LogP contribution in [-0.4, -0.2) is 23.0 Å². The third-order valence-electron chi connectivity index (χ3n) is 3.36. The van der Waals surface area contributed by atoms with Gasteiger partial charge in [0.1, 0.15) is 23.7 Å². The van der Waals surface area contributed by atoms with Gasteiger partial charge in [0, 0.05) is 23.0 Å². The third kappa shape index (κ3) is 8.20. The lowest BCUT2D eigenvalue weighted by Gasteiger charge is -2.11. The van der Waals surface area contributed by atoms with Crippen molar-refractivity contribution in [1.82, 2.24) is 9.97 Å². The Hall–Kier alpha value is -2.31. The lowest BCUT2D eigenvalue weighted by molar-refractivity contribution is 0.417. The summed E-state index contributed by atoms with van der Waals surface area (Å²) in [4.78, 5) is 8.39. The SMILES string of the molecule is C.C.CC.CCCCl.COc1cc2ncnc(Nc3ccc(F)c(Cl)c3)c2cc1N. The molecule has 0 aliphatic rings. The summed E-state index contributed by atoms with van der Waals surface area (Å²) < 4.78 is 18.4. The van der Waals surface area contributed by atoms with Crippen LogP contribution in [0.15, 0.2) is 36.7 Å². The van der Waals surface area contributed by atoms with Crippen LogP contribution in [0.5, 0.6) is 5.75 Å². The Kier molecular flexibility index (Phi) is 15.5. The molecule has 0 aliphatic heterocycles. The Morgan fingerprint density at radius 1 is 1.13 bits per heavy atom. The summed E-state index contributed by atoms with van der Waals surface area (Å²) in [5, 5.41) is 3.84. The Bertz CT molecular complexity index is 892. The molecule has 0 fully saturated rings. The quantitative estimate of drug-likeness (QED) is 0.309. The van der Waals surface area contributed by atoms with E-state index in [4.69, 9.17) is 33.7 Å². The van der Waals surface area contributed by atoms with Crippen molar-refractivity contribution < 1.29 is 9.13 Å². The number of methoxy groups -OCH3 is 1. The van der Waals surface area contributed by atoms with E-state index >= 15 is 0 Å². The number of alkyl halides is 1. The van der Waals surface area contributed by atoms with E-state index in [1.165, 1.54) is 18.5 Å². The molecule has 0 radical (unpaired) electrons. The molecule has 8 heteroatoms. The Morgan fingerprint density at radius 2 is 1.77 bits per heavy atom. The summed E-state index contributed by atoms with van der Waals surface area (Å²) in [5.41, 5.74) is 7.69. The number of ether oxygens (including phenoxy) is 1. The van der Waals surface area contributed by atoms with Gasteiger partial charge in [-0.25, -0.2) is 14.4 Å². The van der Waals surface area contributed by atoms with Crippen LogP contribution >= 0.6 is 23.2 Å². The number of hydrogen-bond acceptors (Lipinski definition) is 5. The third-order valence-corrected chi connectivity index (χ3v) is 4.03. The summed E-state index contributed by atoms with van der Waals surface area (Å²) in [6.45, 7) is 6.05. The van der Waals surface area contributed by atoms with Crippen molar-refractivity contribution in [2.45, 2.75) is 42.0 Å². The molecule has 0 atom stereocenters. The van der Waals surface area contributed by atoms with E-state index in [2.05, 4.69) is 15.3 Å². The molecule has 0 bridgehead atoms. The molecule has 0 saturated carbocycles. The van der Waals surface area contributed by atoms with E-state index < -0.39 is 5.82 Å². The first-order chi connectivity index (χ1) is 13.5. The second-order valence-corrected chi connectivity index (χ2v) is 6.06. The first-order valence-corrected chi connectivity index (χ1v) is 9.77. The Balaban J connectivity index is 0. The standard InChI is InChI=1S/C15H12ClFN4O.C3H7Cl.C2H6.2CH4/c1-22-14-6-13-9(5-12(14)18)15(20-7-19-13)21-8-2-3-11(17)10(16)4-8;1-2-3-4;1-2;;/h2-7H,18H2,1H3,(H,19,20,21);2-3H2,1H3;1-2H3;2*1H4. The van der Waals surface area contributed by atoms with Crippen LogP contribution in [0, 0.1) is 5.82 Å². The minimum absolute atomic E-state index is 0. The molecule has 0 saturated heterocycles. The number of fused-ring (bicyclic) bond motifs is 1. The van der Waals surface area contributed by atoms with Crippen LogP contribution in [0.25, 0.3) is 10.9 Å². The van der Waals surface area contributed by atoms with Crippen molar-refractivity contribution in [3.63, 3.8) is 0 Å². The van der Waals surface area contributed by atoms with Crippen LogP contribution in [0.4, 0.5) is 21.6 Å². The average molecular weight is 459 g/mol. The van der Waals surface area contributed by atoms with Crippen molar-refractivity contribution in [3.05, 3.63) is 47.5 Å². The van der Waals surface area contributed by atoms with Crippen molar-refractivity contribution in [1.29, 1.82) is 0 Å². The van der Waals surface area contributed by atoms with Crippen LogP contribution in [0.1, 0.15) is 42.0 Å². The molecule has 30 heavy (non-hydrogen) atoms. The fraction of sp³-hybridized carbons (Fsp3) is 0.364. The molecule has 1 heterocycles. The maximum absolute atomic E-state index is 13.2. The van der Waals surface area contributed by atoms with Gasteiger partial charge < -0.3 is 15.8 Å². The molecule has 5 nitrogen and oxygen atoms in total. The molecule has 0 unspecified atom stereocenters. The van der Waals surface area contributed by atoms with E-state index in [0.29, 0.717) is 28.5 Å². The number of nitrogens with one attached hydrogen (secondary N) is 1. The lowest BCUT2D eigenvalue weighted by atomic mass is 10.2. The molecular formula is C22H33Cl2FN4O. The molecule has 2 aromatic carbocycles. The monoisotopic (exact) mass is 458 g/mol. The summed E-state index contributed by atoms with van der Waals surface area (Å²) in [6, 6.07) is 7.79. The average Bonchev–Trinajstić information content (AvgIpc) is 2.72. The molecule has 3 N–H and O–H groups in total. The first-order valence-electron chi connectivity index (χ1n) is 8.86. The van der Waals surface area contributed by atoms with Crippen molar-refractivity contribution in [2.24, 2.45) is 0 Å². The van der Waals surface area contributed by atoms with Crippen molar-refractivity contribution >= 4 is 51.3 Å². The fourth-order valence-electron chi connectivity index (χ4n) is 2.09. The Labute approximate surface area is 189 Å². The summed E-state index contributed by atoms with van der Waals surface area (Å²) >= 11 is 11.0. The van der Waals surface area contributed by atoms with Gasteiger partial charge in [0.25, 0.3) is 0 Å². The number of nitrogens with two attached hydrogens (primary N) is 1. The second kappa shape index (κ2) is 15.5. The van der Waals surface area contributed by atoms with Crippen LogP contribution in [0.2, 0.25) is 5.02 Å². The molecular weight excluding hydrogens is 426 g/mol. The molecule has 168 valence electrons. The zero-order valence-corrected chi connectivity index (χ0v) is 17.9. The first kappa shape index (κ1) is 29.9. The van der Waals surface area contributed by atoms with Crippen LogP contribution in [0.3, 0.4) is 0 Å². The number of benzene rings is 2. The highest BCUT2D eigenvalue weighted by Gasteiger charge is 2.09. The highest BCUT2D eigenvalue weighted by molar-refractivity contribution is 6.31. The zero-order valence-electron chi connectivity index (χ0n) is 16.4. The summed E-state index contributed by atoms with van der Waals surface area (Å²) in [5.74, 6) is 1.40. The smallest absolute Gasteiger partial charge is 0.143 e. The number of rotatable bonds is 4. The van der Waals surface area contributed by atoms with Gasteiger partial charge in [0.05, 0.1) is 23.3 Å². The minimum Gasteiger partial charge on any atom is -0.495 e. The van der Waals surface area contributed by atoms with Crippen LogP contribution in [-0.2, 0) is 0 Å². The molecule has 0 spiro atoms. The van der Waals surface area contributed by atoms with E-state index in [1.807, 2.05) is 20.8 Å². The van der Waals surface area contributed by atoms with Gasteiger partial charge in [-0.2, -0.15) is 0 Å². The van der Waals surface area contributed by atoms with Gasteiger partial charge in [-0.3, -0.25) is 0 Å². The molecule has 0 amide bonds. The van der Waals surface area contributed by atoms with Gasteiger partial charge in [-0.1, -0.05) is 47.2 Å². The van der Waals surface area contributed by atoms with Gasteiger partial charge >= 0.3 is 0 Å². The van der Waals surface area contributed by atoms with Gasteiger partial charge in [-0.05, 0) is 30.7 Å². The van der Waals surface area contributed by atoms with Crippen LogP contribution < -0.4 is 15.8 Å². The lowest BCUT2D eigenvalue weighted by Crippen LogP contribution is -1.99. The Morgan fingerprint density at radius 3 is 2.30 bits per heavy atom. The van der Waals surface area contributed by atoms with E-state index in [9.17, 15) is 4.39 Å². The minimum atomic E-state index is -0.478. The van der Waals surface area contributed by atoms with Gasteiger partial charge in [0.2, 0.25) is 0 Å². The van der Waals surface area contributed by atoms with E-state index in [0.717, 1.165) is 17.7 Å². The normalized spacial score (nSPS) is 9.03. The number of anilines is 3. The summed E-state index contributed by atoms with van der Waals surface area (Å²) in [6.07, 6.45) is 2.51. The molecule has 3 aromatic rings. The zero-order chi connectivity index (χ0) is 21.1. The highest BCUT2D eigenvalue weighted by atomic mass is 35.5. The van der Waals surface area contributed by atoms with Gasteiger partial charge in [-0.15, -0.1) is 11.6 Å². The van der Waals surface area contributed by atoms with E-state index in [1.54, 1.807) is 25.3 Å². The second-order valence-electron chi connectivity index (χ2n) is 5.28. The number of hydrogen-bond donors (Lipinski definition) is 2. The maximum atomic E-state index is 13.2. The molecule has 3 rings (SSSR count). The fourth-order valence-corrected chi connectivity index (χ4v) is 2.27. The number of nitrogens with zero attached hydrogens (tertiary/aromatic N) is 2. The molecule has 0 aliphatic carbocycles. The predicted molar refractivity (Wildman–Crippen MR) is 131 cm³/mol. The topological polar surface area (TPSA) is 73.1 Å². The van der Waals surface area contributed by atoms with Gasteiger partial charge in [0.15, 0.2) is 0 Å². The van der Waals surface area contributed by atoms with Crippen molar-refractivity contribution in [3.8, 4) is 5.75 Å². The number of halogens is 3. The largest absolute Gasteiger partial charge is 0.495 e. The van der Waals surface area contributed by atoms with E-state index in [-0.39, 0.29) is 19.9 Å². The maximum Gasteiger partial charge on any atom is 0.143 e. The number of aromatic nitrogens is 2. The highest BCUT2D eigenvalue weighted by Crippen LogP contribution is 2.31. The predicted octanol–water partition coefficient (Wildman–Crippen LogP) is 7.69. The van der Waals surface area contributed by atoms with Crippen molar-refractivity contribution in [2.75, 3.05) is 24.0 Å². The molecule has 1 aromatic heterocycles. The number of nitrogen functional groups attached to an aromatic ring is 1.